The molecule has 0 aliphatic carbocycles. The Morgan fingerprint density at radius 3 is 2.21 bits per heavy atom. The van der Waals surface area contributed by atoms with Gasteiger partial charge in [0.1, 0.15) is 0 Å². The Kier molecular flexibility index (Phi) is 12.9. The fourth-order valence-corrected chi connectivity index (χ4v) is 2.63. The number of aliphatic carboxylic acids is 2. The Morgan fingerprint density at radius 2 is 1.79 bits per heavy atom. The second kappa shape index (κ2) is 14.0. The SMILES string of the molecule is CC(=O)OC(C)C.C[C@H]1CNCCc2ccc(Cl)cc21.O=C(O)CCC(=O)O. The molecule has 1 aromatic rings. The number of fused-ring (bicyclic) bond motifs is 1. The van der Waals surface area contributed by atoms with E-state index in [0.717, 1.165) is 24.5 Å². The van der Waals surface area contributed by atoms with E-state index in [4.69, 9.17) is 21.8 Å². The van der Waals surface area contributed by atoms with Crippen LogP contribution in [0.25, 0.3) is 0 Å². The summed E-state index contributed by atoms with van der Waals surface area (Å²) < 4.78 is 4.61. The van der Waals surface area contributed by atoms with Crippen molar-refractivity contribution < 1.29 is 29.3 Å². The summed E-state index contributed by atoms with van der Waals surface area (Å²) in [5.74, 6) is -1.79. The molecule has 7 nitrogen and oxygen atoms in total. The third kappa shape index (κ3) is 13.1. The number of hydrogen-bond donors (Lipinski definition) is 3. The van der Waals surface area contributed by atoms with Crippen LogP contribution in [0.4, 0.5) is 0 Å². The van der Waals surface area contributed by atoms with Crippen LogP contribution < -0.4 is 5.32 Å². The van der Waals surface area contributed by atoms with E-state index >= 15 is 0 Å². The number of rotatable bonds is 4. The van der Waals surface area contributed by atoms with E-state index in [1.807, 2.05) is 19.9 Å². The van der Waals surface area contributed by atoms with Crippen LogP contribution in [0.5, 0.6) is 0 Å². The van der Waals surface area contributed by atoms with Crippen LogP contribution in [0.3, 0.4) is 0 Å². The van der Waals surface area contributed by atoms with Crippen molar-refractivity contribution in [2.45, 2.75) is 59.0 Å². The van der Waals surface area contributed by atoms with Gasteiger partial charge in [0, 0.05) is 18.5 Å². The third-order valence-electron chi connectivity index (χ3n) is 3.61. The van der Waals surface area contributed by atoms with E-state index in [1.165, 1.54) is 18.1 Å². The summed E-state index contributed by atoms with van der Waals surface area (Å²) >= 11 is 5.97. The van der Waals surface area contributed by atoms with Crippen LogP contribution in [-0.2, 0) is 25.5 Å². The molecule has 1 aliphatic heterocycles. The molecule has 158 valence electrons. The van der Waals surface area contributed by atoms with E-state index in [-0.39, 0.29) is 24.9 Å². The standard InChI is InChI=1S/C11H14ClN.C5H10O2.C4H6O4/c1-8-7-13-5-4-9-2-3-10(12)6-11(8)9;1-4(2)7-5(3)6;5-3(6)1-2-4(7)8/h2-3,6,8,13H,4-5,7H2,1H3;4H,1-3H3;1-2H2,(H,5,6)(H,7,8)/t8-;;/m0../s1. The van der Waals surface area contributed by atoms with Gasteiger partial charge < -0.3 is 20.3 Å². The van der Waals surface area contributed by atoms with Crippen LogP contribution in [0.2, 0.25) is 5.02 Å². The zero-order chi connectivity index (χ0) is 21.7. The fraction of sp³-hybridized carbons (Fsp3) is 0.550. The minimum absolute atomic E-state index is 0.0255. The number of hydrogen-bond acceptors (Lipinski definition) is 5. The van der Waals surface area contributed by atoms with Gasteiger partial charge in [-0.3, -0.25) is 14.4 Å². The normalized spacial score (nSPS) is 15.0. The second-order valence-electron chi connectivity index (χ2n) is 6.64. The number of carbonyl (C=O) groups is 3. The molecule has 3 N–H and O–H groups in total. The molecule has 0 fully saturated rings. The van der Waals surface area contributed by atoms with Gasteiger partial charge in [0.15, 0.2) is 0 Å². The second-order valence-corrected chi connectivity index (χ2v) is 7.08. The Bertz CT molecular complexity index is 634. The fourth-order valence-electron chi connectivity index (χ4n) is 2.45. The van der Waals surface area contributed by atoms with E-state index in [9.17, 15) is 14.4 Å². The van der Waals surface area contributed by atoms with Crippen molar-refractivity contribution in [3.63, 3.8) is 0 Å². The largest absolute Gasteiger partial charge is 0.481 e. The summed E-state index contributed by atoms with van der Waals surface area (Å²) in [5.41, 5.74) is 2.86. The van der Waals surface area contributed by atoms with E-state index in [0.29, 0.717) is 5.92 Å². The minimum Gasteiger partial charge on any atom is -0.481 e. The summed E-state index contributed by atoms with van der Waals surface area (Å²) in [6.07, 6.45) is 0.555. The summed E-state index contributed by atoms with van der Waals surface area (Å²) in [6, 6.07) is 6.24. The van der Waals surface area contributed by atoms with Crippen LogP contribution in [-0.4, -0.2) is 47.3 Å². The maximum absolute atomic E-state index is 10.0. The van der Waals surface area contributed by atoms with E-state index in [2.05, 4.69) is 29.1 Å². The van der Waals surface area contributed by atoms with Gasteiger partial charge in [0.2, 0.25) is 0 Å². The number of carbonyl (C=O) groups excluding carboxylic acids is 1. The molecular formula is C20H30ClNO6. The predicted octanol–water partition coefficient (Wildman–Crippen LogP) is 3.48. The van der Waals surface area contributed by atoms with Crippen molar-refractivity contribution in [2.75, 3.05) is 13.1 Å². The topological polar surface area (TPSA) is 113 Å². The van der Waals surface area contributed by atoms with Crippen molar-refractivity contribution in [3.8, 4) is 0 Å². The van der Waals surface area contributed by atoms with Gasteiger partial charge in [0.05, 0.1) is 18.9 Å². The summed E-state index contributed by atoms with van der Waals surface area (Å²) in [6.45, 7) is 9.43. The molecule has 0 bridgehead atoms. The highest BCUT2D eigenvalue weighted by Crippen LogP contribution is 2.25. The van der Waals surface area contributed by atoms with Gasteiger partial charge in [-0.25, -0.2) is 0 Å². The lowest BCUT2D eigenvalue weighted by molar-refractivity contribution is -0.144. The first-order valence-electron chi connectivity index (χ1n) is 9.12. The average molecular weight is 416 g/mol. The number of halogens is 1. The van der Waals surface area contributed by atoms with E-state index < -0.39 is 11.9 Å². The van der Waals surface area contributed by atoms with Crippen LogP contribution >= 0.6 is 11.6 Å². The number of carboxylic acids is 2. The lowest BCUT2D eigenvalue weighted by Gasteiger charge is -2.11. The zero-order valence-corrected chi connectivity index (χ0v) is 17.6. The van der Waals surface area contributed by atoms with Crippen LogP contribution in [0.15, 0.2) is 18.2 Å². The number of nitrogens with one attached hydrogen (secondary N) is 1. The highest BCUT2D eigenvalue weighted by Gasteiger charge is 2.14. The first-order chi connectivity index (χ1) is 13.0. The number of esters is 1. The average Bonchev–Trinajstić information content (AvgIpc) is 2.75. The molecule has 0 unspecified atom stereocenters. The first kappa shape index (κ1) is 25.9. The van der Waals surface area contributed by atoms with Crippen molar-refractivity contribution >= 4 is 29.5 Å². The van der Waals surface area contributed by atoms with Crippen LogP contribution in [0.1, 0.15) is 57.6 Å². The lowest BCUT2D eigenvalue weighted by Crippen LogP contribution is -2.18. The summed E-state index contributed by atoms with van der Waals surface area (Å²) in [4.78, 5) is 29.3. The maximum atomic E-state index is 10.0. The molecule has 0 amide bonds. The van der Waals surface area contributed by atoms with Gasteiger partial charge in [-0.05, 0) is 56.0 Å². The highest BCUT2D eigenvalue weighted by molar-refractivity contribution is 6.30. The van der Waals surface area contributed by atoms with Gasteiger partial charge in [-0.1, -0.05) is 24.6 Å². The maximum Gasteiger partial charge on any atom is 0.303 e. The third-order valence-corrected chi connectivity index (χ3v) is 3.85. The first-order valence-corrected chi connectivity index (χ1v) is 9.50. The molecule has 0 saturated heterocycles. The molecule has 1 aliphatic rings. The van der Waals surface area contributed by atoms with Gasteiger partial charge in [0.25, 0.3) is 0 Å². The Labute approximate surface area is 171 Å². The van der Waals surface area contributed by atoms with Crippen LogP contribution in [0, 0.1) is 0 Å². The van der Waals surface area contributed by atoms with Crippen molar-refractivity contribution in [1.29, 1.82) is 0 Å². The quantitative estimate of drug-likeness (QED) is 0.645. The molecule has 1 aromatic carbocycles. The predicted molar refractivity (Wildman–Crippen MR) is 108 cm³/mol. The molecule has 0 aromatic heterocycles. The summed E-state index contributed by atoms with van der Waals surface area (Å²) in [7, 11) is 0. The van der Waals surface area contributed by atoms with Gasteiger partial charge in [-0.15, -0.1) is 0 Å². The number of benzene rings is 1. The molecular weight excluding hydrogens is 386 g/mol. The molecule has 0 saturated carbocycles. The molecule has 1 atom stereocenters. The smallest absolute Gasteiger partial charge is 0.303 e. The highest BCUT2D eigenvalue weighted by atomic mass is 35.5. The molecule has 8 heteroatoms. The number of carboxylic acid groups (broad SMARTS) is 2. The monoisotopic (exact) mass is 415 g/mol. The molecule has 1 heterocycles. The Balaban J connectivity index is 0.000000424. The number of ether oxygens (including phenoxy) is 1. The van der Waals surface area contributed by atoms with Gasteiger partial charge >= 0.3 is 17.9 Å². The molecule has 2 rings (SSSR count). The van der Waals surface area contributed by atoms with Crippen molar-refractivity contribution in [3.05, 3.63) is 34.3 Å². The minimum atomic E-state index is -1.08. The van der Waals surface area contributed by atoms with Crippen molar-refractivity contribution in [1.82, 2.24) is 5.32 Å². The zero-order valence-electron chi connectivity index (χ0n) is 16.8. The molecule has 28 heavy (non-hydrogen) atoms. The Hall–Kier alpha value is -2.12. The van der Waals surface area contributed by atoms with Gasteiger partial charge in [-0.2, -0.15) is 0 Å². The van der Waals surface area contributed by atoms with Crippen molar-refractivity contribution in [2.24, 2.45) is 0 Å². The Morgan fingerprint density at radius 1 is 1.21 bits per heavy atom. The molecule has 0 radical (unpaired) electrons. The summed E-state index contributed by atoms with van der Waals surface area (Å²) in [5, 5.41) is 20.1. The molecule has 0 spiro atoms. The van der Waals surface area contributed by atoms with E-state index in [1.54, 1.807) is 0 Å². The lowest BCUT2D eigenvalue weighted by atomic mass is 9.96.